The van der Waals surface area contributed by atoms with Crippen LogP contribution in [-0.4, -0.2) is 0 Å². The highest BCUT2D eigenvalue weighted by molar-refractivity contribution is 7.19. The number of fused-ring (bicyclic) bond motifs is 1. The van der Waals surface area contributed by atoms with Crippen LogP contribution in [0.2, 0.25) is 0 Å². The Hall–Kier alpha value is -0.890. The van der Waals surface area contributed by atoms with Crippen LogP contribution >= 0.6 is 11.3 Å². The van der Waals surface area contributed by atoms with E-state index in [9.17, 15) is 4.39 Å². The molecule has 0 radical (unpaired) electrons. The van der Waals surface area contributed by atoms with E-state index in [0.717, 1.165) is 16.5 Å². The Labute approximate surface area is 74.6 Å². The van der Waals surface area contributed by atoms with Crippen molar-refractivity contribution in [3.63, 3.8) is 0 Å². The van der Waals surface area contributed by atoms with Gasteiger partial charge in [-0.3, -0.25) is 0 Å². The summed E-state index contributed by atoms with van der Waals surface area (Å²) in [7, 11) is 0. The second-order valence-corrected chi connectivity index (χ2v) is 3.89. The highest BCUT2D eigenvalue weighted by Gasteiger charge is 2.03. The molecule has 2 rings (SSSR count). The summed E-state index contributed by atoms with van der Waals surface area (Å²) in [6.45, 7) is 2.09. The molecule has 0 fully saturated rings. The summed E-state index contributed by atoms with van der Waals surface area (Å²) in [4.78, 5) is 1.25. The van der Waals surface area contributed by atoms with Gasteiger partial charge in [-0.1, -0.05) is 13.0 Å². The molecule has 0 amide bonds. The highest BCUT2D eigenvalue weighted by Crippen LogP contribution is 2.27. The number of halogens is 1. The molecule has 2 aromatic rings. The molecule has 0 saturated heterocycles. The number of aryl methyl sites for hydroxylation is 1. The Morgan fingerprint density at radius 3 is 2.92 bits per heavy atom. The molecule has 0 aliphatic rings. The Morgan fingerprint density at radius 1 is 1.42 bits per heavy atom. The lowest BCUT2D eigenvalue weighted by molar-refractivity contribution is 0.640. The van der Waals surface area contributed by atoms with Crippen LogP contribution in [0, 0.1) is 5.82 Å². The fourth-order valence-corrected chi connectivity index (χ4v) is 2.27. The molecule has 0 atom stereocenters. The van der Waals surface area contributed by atoms with Gasteiger partial charge in [0.25, 0.3) is 0 Å². The summed E-state index contributed by atoms with van der Waals surface area (Å²) < 4.78 is 14.2. The lowest BCUT2D eigenvalue weighted by Gasteiger charge is -1.88. The lowest BCUT2D eigenvalue weighted by Crippen LogP contribution is -1.71. The third-order valence-corrected chi connectivity index (χ3v) is 3.15. The molecule has 0 nitrogen and oxygen atoms in total. The zero-order valence-electron chi connectivity index (χ0n) is 6.80. The van der Waals surface area contributed by atoms with Gasteiger partial charge in [-0.05, 0) is 24.6 Å². The Bertz CT molecular complexity index is 403. The number of hydrogen-bond acceptors (Lipinski definition) is 1. The lowest BCUT2D eigenvalue weighted by atomic mass is 10.2. The summed E-state index contributed by atoms with van der Waals surface area (Å²) in [5.74, 6) is -0.108. The molecule has 0 saturated carbocycles. The molecule has 1 aromatic heterocycles. The van der Waals surface area contributed by atoms with Crippen molar-refractivity contribution in [3.8, 4) is 0 Å². The van der Waals surface area contributed by atoms with Crippen molar-refractivity contribution in [1.82, 2.24) is 0 Å². The van der Waals surface area contributed by atoms with Crippen molar-refractivity contribution in [3.05, 3.63) is 35.0 Å². The molecule has 0 bridgehead atoms. The number of thiophene rings is 1. The molecule has 0 unspecified atom stereocenters. The molecule has 0 spiro atoms. The van der Waals surface area contributed by atoms with Crippen LogP contribution in [-0.2, 0) is 6.42 Å². The van der Waals surface area contributed by atoms with Crippen LogP contribution in [0.3, 0.4) is 0 Å². The van der Waals surface area contributed by atoms with Gasteiger partial charge in [-0.25, -0.2) is 4.39 Å². The van der Waals surface area contributed by atoms with E-state index in [2.05, 4.69) is 6.92 Å². The topological polar surface area (TPSA) is 0 Å². The molecule has 0 aliphatic carbocycles. The minimum atomic E-state index is -0.108. The van der Waals surface area contributed by atoms with Crippen LogP contribution < -0.4 is 0 Å². The minimum absolute atomic E-state index is 0.108. The Kier molecular flexibility index (Phi) is 1.85. The van der Waals surface area contributed by atoms with Crippen molar-refractivity contribution in [2.45, 2.75) is 13.3 Å². The molecule has 12 heavy (non-hydrogen) atoms. The van der Waals surface area contributed by atoms with Crippen molar-refractivity contribution in [2.24, 2.45) is 0 Å². The van der Waals surface area contributed by atoms with E-state index in [1.54, 1.807) is 17.4 Å². The summed E-state index contributed by atoms with van der Waals surface area (Å²) in [6.07, 6.45) is 0.985. The van der Waals surface area contributed by atoms with Gasteiger partial charge in [0.05, 0.1) is 0 Å². The monoisotopic (exact) mass is 180 g/mol. The molecular formula is C10H9FS. The predicted molar refractivity (Wildman–Crippen MR) is 51.2 cm³/mol. The first-order chi connectivity index (χ1) is 5.81. The van der Waals surface area contributed by atoms with Gasteiger partial charge in [-0.2, -0.15) is 0 Å². The number of benzene rings is 1. The van der Waals surface area contributed by atoms with Crippen molar-refractivity contribution in [1.29, 1.82) is 0 Å². The average molecular weight is 180 g/mol. The maximum Gasteiger partial charge on any atom is 0.131 e. The van der Waals surface area contributed by atoms with E-state index in [4.69, 9.17) is 0 Å². The van der Waals surface area contributed by atoms with E-state index >= 15 is 0 Å². The predicted octanol–water partition coefficient (Wildman–Crippen LogP) is 3.60. The molecule has 1 heterocycles. The molecule has 1 aromatic carbocycles. The van der Waals surface area contributed by atoms with Gasteiger partial charge < -0.3 is 0 Å². The molecular weight excluding hydrogens is 171 g/mol. The summed E-state index contributed by atoms with van der Waals surface area (Å²) in [5.41, 5.74) is 0. The number of rotatable bonds is 1. The minimum Gasteiger partial charge on any atom is -0.206 e. The average Bonchev–Trinajstić information content (AvgIpc) is 2.49. The highest BCUT2D eigenvalue weighted by atomic mass is 32.1. The largest absolute Gasteiger partial charge is 0.206 e. The van der Waals surface area contributed by atoms with Gasteiger partial charge in [0.2, 0.25) is 0 Å². The zero-order chi connectivity index (χ0) is 8.55. The second kappa shape index (κ2) is 2.87. The smallest absolute Gasteiger partial charge is 0.131 e. The van der Waals surface area contributed by atoms with E-state index in [1.807, 2.05) is 12.1 Å². The van der Waals surface area contributed by atoms with Crippen LogP contribution in [0.5, 0.6) is 0 Å². The number of hydrogen-bond donors (Lipinski definition) is 0. The molecule has 0 aliphatic heterocycles. The molecule has 2 heteroatoms. The van der Waals surface area contributed by atoms with E-state index in [0.29, 0.717) is 0 Å². The molecule has 0 N–H and O–H groups in total. The van der Waals surface area contributed by atoms with Crippen LogP contribution in [0.25, 0.3) is 10.1 Å². The Morgan fingerprint density at radius 2 is 2.25 bits per heavy atom. The fourth-order valence-electron chi connectivity index (χ4n) is 1.25. The maximum absolute atomic E-state index is 13.1. The first kappa shape index (κ1) is 7.74. The van der Waals surface area contributed by atoms with Gasteiger partial charge in [0, 0.05) is 15.0 Å². The maximum atomic E-state index is 13.1. The van der Waals surface area contributed by atoms with Crippen LogP contribution in [0.1, 0.15) is 11.8 Å². The SMILES string of the molecule is CCc1cc2c(F)cccc2s1. The Balaban J connectivity index is 2.74. The van der Waals surface area contributed by atoms with Crippen LogP contribution in [0.15, 0.2) is 24.3 Å². The van der Waals surface area contributed by atoms with Gasteiger partial charge in [-0.15, -0.1) is 11.3 Å². The van der Waals surface area contributed by atoms with Crippen molar-refractivity contribution < 1.29 is 4.39 Å². The normalized spacial score (nSPS) is 10.8. The standard InChI is InChI=1S/C10H9FS/c1-2-7-6-8-9(11)4-3-5-10(8)12-7/h3-6H,2H2,1H3. The summed E-state index contributed by atoms with van der Waals surface area (Å²) >= 11 is 1.67. The third-order valence-electron chi connectivity index (χ3n) is 1.91. The molecule has 62 valence electrons. The van der Waals surface area contributed by atoms with Gasteiger partial charge in [0.1, 0.15) is 5.82 Å². The third kappa shape index (κ3) is 1.12. The second-order valence-electron chi connectivity index (χ2n) is 2.72. The zero-order valence-corrected chi connectivity index (χ0v) is 7.62. The van der Waals surface area contributed by atoms with Crippen LogP contribution in [0.4, 0.5) is 4.39 Å². The van der Waals surface area contributed by atoms with E-state index in [-0.39, 0.29) is 5.82 Å². The summed E-state index contributed by atoms with van der Waals surface area (Å²) in [5, 5.41) is 0.763. The van der Waals surface area contributed by atoms with E-state index < -0.39 is 0 Å². The summed E-state index contributed by atoms with van der Waals surface area (Å²) in [6, 6.07) is 7.17. The van der Waals surface area contributed by atoms with Crippen molar-refractivity contribution >= 4 is 21.4 Å². The first-order valence-electron chi connectivity index (χ1n) is 3.98. The van der Waals surface area contributed by atoms with Gasteiger partial charge in [0.15, 0.2) is 0 Å². The first-order valence-corrected chi connectivity index (χ1v) is 4.80. The van der Waals surface area contributed by atoms with Gasteiger partial charge >= 0.3 is 0 Å². The quantitative estimate of drug-likeness (QED) is 0.629. The van der Waals surface area contributed by atoms with Crippen molar-refractivity contribution in [2.75, 3.05) is 0 Å². The van der Waals surface area contributed by atoms with E-state index in [1.165, 1.54) is 10.9 Å². The fraction of sp³-hybridized carbons (Fsp3) is 0.200.